The molecule has 21 heavy (non-hydrogen) atoms. The van der Waals surface area contributed by atoms with Gasteiger partial charge in [0.25, 0.3) is 11.8 Å². The van der Waals surface area contributed by atoms with E-state index in [0.29, 0.717) is 6.42 Å². The standard InChI is InChI=1S/C13H21N3O3S2/c1-13(2,21-20-7-6-14-3)8-10(17)15-9-16-11(18)4-5-12(16)19/h4-5,14H,6-9H2,1-3H3,(H,15,17). The molecule has 1 heterocycles. The van der Waals surface area contributed by atoms with Crippen molar-refractivity contribution in [3.63, 3.8) is 0 Å². The SMILES string of the molecule is CNCCSSC(C)(C)CC(=O)NCN1C(=O)C=CC1=O. The van der Waals surface area contributed by atoms with E-state index in [2.05, 4.69) is 10.6 Å². The molecule has 0 saturated carbocycles. The zero-order valence-electron chi connectivity index (χ0n) is 12.5. The zero-order valence-corrected chi connectivity index (χ0v) is 14.1. The van der Waals surface area contributed by atoms with E-state index in [1.54, 1.807) is 21.6 Å². The van der Waals surface area contributed by atoms with Gasteiger partial charge in [0.15, 0.2) is 0 Å². The maximum Gasteiger partial charge on any atom is 0.255 e. The van der Waals surface area contributed by atoms with Gasteiger partial charge < -0.3 is 10.6 Å². The third kappa shape index (κ3) is 6.54. The molecular formula is C13H21N3O3S2. The summed E-state index contributed by atoms with van der Waals surface area (Å²) in [5.74, 6) is 0.0108. The maximum atomic E-state index is 11.9. The summed E-state index contributed by atoms with van der Waals surface area (Å²) < 4.78 is -0.209. The monoisotopic (exact) mass is 331 g/mol. The summed E-state index contributed by atoms with van der Waals surface area (Å²) in [6.45, 7) is 4.85. The van der Waals surface area contributed by atoms with Crippen LogP contribution in [0.15, 0.2) is 12.2 Å². The predicted octanol–water partition coefficient (Wildman–Crippen LogP) is 0.755. The first-order chi connectivity index (χ1) is 9.85. The number of hydrogen-bond acceptors (Lipinski definition) is 6. The molecule has 1 aliphatic heterocycles. The Kier molecular flexibility index (Phi) is 7.27. The van der Waals surface area contributed by atoms with Crippen LogP contribution in [0.25, 0.3) is 0 Å². The molecular weight excluding hydrogens is 310 g/mol. The molecule has 8 heteroatoms. The van der Waals surface area contributed by atoms with Gasteiger partial charge in [0, 0.05) is 35.6 Å². The van der Waals surface area contributed by atoms with Crippen LogP contribution in [0.5, 0.6) is 0 Å². The molecule has 0 unspecified atom stereocenters. The Morgan fingerprint density at radius 3 is 2.48 bits per heavy atom. The van der Waals surface area contributed by atoms with Crippen LogP contribution in [0, 0.1) is 0 Å². The first-order valence-corrected chi connectivity index (χ1v) is 8.93. The molecule has 118 valence electrons. The molecule has 0 aromatic carbocycles. The molecule has 3 amide bonds. The van der Waals surface area contributed by atoms with E-state index in [0.717, 1.165) is 17.2 Å². The number of nitrogens with one attached hydrogen (secondary N) is 2. The van der Waals surface area contributed by atoms with E-state index < -0.39 is 11.8 Å². The van der Waals surface area contributed by atoms with Crippen LogP contribution in [0.2, 0.25) is 0 Å². The number of nitrogens with zero attached hydrogens (tertiary/aromatic N) is 1. The van der Waals surface area contributed by atoms with Crippen molar-refractivity contribution in [1.82, 2.24) is 15.5 Å². The highest BCUT2D eigenvalue weighted by Crippen LogP contribution is 2.37. The lowest BCUT2D eigenvalue weighted by Crippen LogP contribution is -2.42. The minimum absolute atomic E-state index is 0.0723. The fourth-order valence-electron chi connectivity index (χ4n) is 1.58. The molecule has 1 rings (SSSR count). The Bertz CT molecular complexity index is 420. The summed E-state index contributed by atoms with van der Waals surface area (Å²) in [6.07, 6.45) is 2.73. The first kappa shape index (κ1) is 18.1. The number of rotatable bonds is 9. The van der Waals surface area contributed by atoms with E-state index in [-0.39, 0.29) is 17.3 Å². The second-order valence-corrected chi connectivity index (χ2v) is 8.26. The highest BCUT2D eigenvalue weighted by Gasteiger charge is 2.26. The van der Waals surface area contributed by atoms with Gasteiger partial charge in [-0.25, -0.2) is 0 Å². The summed E-state index contributed by atoms with van der Waals surface area (Å²) >= 11 is 0. The fraction of sp³-hybridized carbons (Fsp3) is 0.615. The lowest BCUT2D eigenvalue weighted by molar-refractivity contribution is -0.137. The summed E-state index contributed by atoms with van der Waals surface area (Å²) in [4.78, 5) is 35.6. The lowest BCUT2D eigenvalue weighted by Gasteiger charge is -2.23. The van der Waals surface area contributed by atoms with Gasteiger partial charge in [0.05, 0.1) is 0 Å². The van der Waals surface area contributed by atoms with Gasteiger partial charge in [-0.2, -0.15) is 0 Å². The topological polar surface area (TPSA) is 78.5 Å². The second kappa shape index (κ2) is 8.45. The number of carbonyl (C=O) groups excluding carboxylic acids is 3. The maximum absolute atomic E-state index is 11.9. The number of carbonyl (C=O) groups is 3. The van der Waals surface area contributed by atoms with Crippen molar-refractivity contribution in [3.05, 3.63) is 12.2 Å². The van der Waals surface area contributed by atoms with Gasteiger partial charge in [0.1, 0.15) is 6.67 Å². The molecule has 0 bridgehead atoms. The Balaban J connectivity index is 2.29. The lowest BCUT2D eigenvalue weighted by atomic mass is 10.1. The van der Waals surface area contributed by atoms with Gasteiger partial charge >= 0.3 is 0 Å². The Morgan fingerprint density at radius 2 is 1.90 bits per heavy atom. The van der Waals surface area contributed by atoms with E-state index in [9.17, 15) is 14.4 Å². The number of imide groups is 1. The summed E-state index contributed by atoms with van der Waals surface area (Å²) in [7, 11) is 5.28. The molecule has 0 aromatic heterocycles. The minimum Gasteiger partial charge on any atom is -0.338 e. The van der Waals surface area contributed by atoms with Crippen LogP contribution in [-0.2, 0) is 14.4 Å². The molecule has 0 aromatic rings. The van der Waals surface area contributed by atoms with Crippen molar-refractivity contribution in [3.8, 4) is 0 Å². The van der Waals surface area contributed by atoms with Crippen molar-refractivity contribution in [2.75, 3.05) is 26.0 Å². The normalized spacial score (nSPS) is 14.9. The molecule has 0 radical (unpaired) electrons. The quantitative estimate of drug-likeness (QED) is 0.369. The largest absolute Gasteiger partial charge is 0.338 e. The van der Waals surface area contributed by atoms with E-state index >= 15 is 0 Å². The number of hydrogen-bond donors (Lipinski definition) is 2. The molecule has 0 aliphatic carbocycles. The van der Waals surface area contributed by atoms with Crippen LogP contribution in [-0.4, -0.2) is 53.4 Å². The average molecular weight is 331 g/mol. The Hall–Kier alpha value is -0.990. The van der Waals surface area contributed by atoms with Gasteiger partial charge in [-0.1, -0.05) is 21.6 Å². The highest BCUT2D eigenvalue weighted by molar-refractivity contribution is 8.77. The third-order valence-electron chi connectivity index (χ3n) is 2.64. The molecule has 6 nitrogen and oxygen atoms in total. The van der Waals surface area contributed by atoms with Gasteiger partial charge in [-0.15, -0.1) is 0 Å². The smallest absolute Gasteiger partial charge is 0.255 e. The molecule has 0 fully saturated rings. The zero-order chi connectivity index (χ0) is 15.9. The highest BCUT2D eigenvalue weighted by atomic mass is 33.1. The number of amides is 3. The van der Waals surface area contributed by atoms with Crippen LogP contribution in [0.4, 0.5) is 0 Å². The predicted molar refractivity (Wildman–Crippen MR) is 86.7 cm³/mol. The van der Waals surface area contributed by atoms with Crippen molar-refractivity contribution in [1.29, 1.82) is 0 Å². The van der Waals surface area contributed by atoms with Crippen LogP contribution < -0.4 is 10.6 Å². The first-order valence-electron chi connectivity index (χ1n) is 6.61. The molecule has 0 spiro atoms. The molecule has 0 atom stereocenters. The van der Waals surface area contributed by atoms with Crippen molar-refractivity contribution in [2.24, 2.45) is 0 Å². The van der Waals surface area contributed by atoms with Crippen molar-refractivity contribution < 1.29 is 14.4 Å². The second-order valence-electron chi connectivity index (χ2n) is 5.14. The minimum atomic E-state index is -0.392. The van der Waals surface area contributed by atoms with Gasteiger partial charge in [-0.3, -0.25) is 19.3 Å². The fourth-order valence-corrected chi connectivity index (χ4v) is 4.09. The van der Waals surface area contributed by atoms with Crippen LogP contribution in [0.3, 0.4) is 0 Å². The van der Waals surface area contributed by atoms with E-state index in [1.165, 1.54) is 12.2 Å². The van der Waals surface area contributed by atoms with Crippen LogP contribution >= 0.6 is 21.6 Å². The van der Waals surface area contributed by atoms with Gasteiger partial charge in [-0.05, 0) is 20.9 Å². The van der Waals surface area contributed by atoms with Gasteiger partial charge in [0.2, 0.25) is 5.91 Å². The van der Waals surface area contributed by atoms with Crippen molar-refractivity contribution in [2.45, 2.75) is 25.0 Å². The van der Waals surface area contributed by atoms with E-state index in [1.807, 2.05) is 20.9 Å². The summed E-state index contributed by atoms with van der Waals surface area (Å²) in [5, 5.41) is 5.68. The average Bonchev–Trinajstić information content (AvgIpc) is 2.71. The van der Waals surface area contributed by atoms with E-state index in [4.69, 9.17) is 0 Å². The molecule has 0 saturated heterocycles. The van der Waals surface area contributed by atoms with Crippen LogP contribution in [0.1, 0.15) is 20.3 Å². The Morgan fingerprint density at radius 1 is 1.29 bits per heavy atom. The summed E-state index contributed by atoms with van der Waals surface area (Å²) in [6, 6.07) is 0. The molecule has 2 N–H and O–H groups in total. The summed E-state index contributed by atoms with van der Waals surface area (Å²) in [5.41, 5.74) is 0. The Labute approximate surface area is 132 Å². The van der Waals surface area contributed by atoms with Crippen molar-refractivity contribution >= 4 is 39.3 Å². The third-order valence-corrected chi connectivity index (χ3v) is 5.93. The molecule has 1 aliphatic rings.